The molecule has 2 saturated heterocycles. The van der Waals surface area contributed by atoms with Crippen LogP contribution in [0.15, 0.2) is 24.3 Å². The van der Waals surface area contributed by atoms with E-state index in [-0.39, 0.29) is 23.5 Å². The van der Waals surface area contributed by atoms with Crippen LogP contribution in [0.5, 0.6) is 0 Å². The molecule has 0 aromatic heterocycles. The van der Waals surface area contributed by atoms with Gasteiger partial charge in [0, 0.05) is 36.6 Å². The topological polar surface area (TPSA) is 76.7 Å². The third-order valence-electron chi connectivity index (χ3n) is 4.63. The Morgan fingerprint density at radius 2 is 2.00 bits per heavy atom. The van der Waals surface area contributed by atoms with E-state index in [0.29, 0.717) is 31.1 Å². The van der Waals surface area contributed by atoms with E-state index in [0.717, 1.165) is 25.7 Å². The lowest BCUT2D eigenvalue weighted by molar-refractivity contribution is -0.124. The second-order valence-electron chi connectivity index (χ2n) is 6.70. The zero-order valence-electron chi connectivity index (χ0n) is 14.0. The minimum absolute atomic E-state index is 0.132. The fourth-order valence-electron chi connectivity index (χ4n) is 3.04. The highest BCUT2D eigenvalue weighted by Crippen LogP contribution is 2.21. The van der Waals surface area contributed by atoms with Crippen molar-refractivity contribution in [2.75, 3.05) is 25.1 Å². The van der Waals surface area contributed by atoms with E-state index in [1.54, 1.807) is 24.3 Å². The van der Waals surface area contributed by atoms with Crippen LogP contribution in [0.4, 0.5) is 5.69 Å². The van der Waals surface area contributed by atoms with E-state index in [9.17, 15) is 9.59 Å². The number of nitrogens with one attached hydrogen (secondary N) is 2. The Balaban J connectivity index is 1.63. The van der Waals surface area contributed by atoms with Gasteiger partial charge < -0.3 is 20.1 Å². The summed E-state index contributed by atoms with van der Waals surface area (Å²) >= 11 is 0. The summed E-state index contributed by atoms with van der Waals surface area (Å²) in [5.74, 6) is -0.283. The Labute approximate surface area is 141 Å². The van der Waals surface area contributed by atoms with Gasteiger partial charge in [0.25, 0.3) is 11.8 Å². The lowest BCUT2D eigenvalue weighted by Crippen LogP contribution is -2.49. The molecule has 1 aromatic carbocycles. The zero-order valence-corrected chi connectivity index (χ0v) is 14.0. The number of carbonyl (C=O) groups is 2. The van der Waals surface area contributed by atoms with Crippen LogP contribution in [0.2, 0.25) is 0 Å². The van der Waals surface area contributed by atoms with E-state index < -0.39 is 0 Å². The van der Waals surface area contributed by atoms with Crippen LogP contribution in [0.3, 0.4) is 0 Å². The molecule has 0 unspecified atom stereocenters. The lowest BCUT2D eigenvalue weighted by Gasteiger charge is -2.34. The van der Waals surface area contributed by atoms with Crippen molar-refractivity contribution in [3.63, 3.8) is 0 Å². The van der Waals surface area contributed by atoms with E-state index in [2.05, 4.69) is 10.6 Å². The van der Waals surface area contributed by atoms with Gasteiger partial charge in [-0.3, -0.25) is 9.59 Å². The van der Waals surface area contributed by atoms with Gasteiger partial charge in [0.05, 0.1) is 0 Å². The quantitative estimate of drug-likeness (QED) is 0.885. The molecule has 1 atom stereocenters. The van der Waals surface area contributed by atoms with Crippen molar-refractivity contribution in [1.82, 2.24) is 5.32 Å². The molecule has 0 saturated carbocycles. The molecule has 0 spiro atoms. The molecule has 24 heavy (non-hydrogen) atoms. The summed E-state index contributed by atoms with van der Waals surface area (Å²) in [6, 6.07) is 7.00. The first-order valence-electron chi connectivity index (χ1n) is 8.49. The Bertz CT molecular complexity index is 605. The van der Waals surface area contributed by atoms with Crippen LogP contribution in [0.25, 0.3) is 0 Å². The predicted octanol–water partition coefficient (Wildman–Crippen LogP) is 2.10. The van der Waals surface area contributed by atoms with Crippen LogP contribution < -0.4 is 10.6 Å². The molecule has 130 valence electrons. The number of hydrogen-bond donors (Lipinski definition) is 2. The average molecular weight is 332 g/mol. The summed E-state index contributed by atoms with van der Waals surface area (Å²) in [6.45, 7) is 3.99. The van der Waals surface area contributed by atoms with Crippen molar-refractivity contribution in [2.24, 2.45) is 0 Å². The van der Waals surface area contributed by atoms with Gasteiger partial charge in [-0.25, -0.2) is 0 Å². The maximum Gasteiger partial charge on any atom is 0.253 e. The van der Waals surface area contributed by atoms with Gasteiger partial charge in [-0.1, -0.05) is 6.07 Å². The van der Waals surface area contributed by atoms with Crippen LogP contribution in [0, 0.1) is 0 Å². The van der Waals surface area contributed by atoms with Crippen LogP contribution in [-0.2, 0) is 14.3 Å². The summed E-state index contributed by atoms with van der Waals surface area (Å²) in [4.78, 5) is 24.6. The van der Waals surface area contributed by atoms with Gasteiger partial charge in [0.1, 0.15) is 6.10 Å². The molecule has 2 aliphatic rings. The molecular formula is C18H24N2O4. The molecule has 3 rings (SSSR count). The molecule has 0 radical (unpaired) electrons. The maximum absolute atomic E-state index is 12.5. The first kappa shape index (κ1) is 16.9. The summed E-state index contributed by atoms with van der Waals surface area (Å²) in [5, 5.41) is 5.92. The van der Waals surface area contributed by atoms with Gasteiger partial charge in [-0.05, 0) is 50.8 Å². The summed E-state index contributed by atoms with van der Waals surface area (Å²) in [7, 11) is 0. The van der Waals surface area contributed by atoms with Gasteiger partial charge >= 0.3 is 0 Å². The van der Waals surface area contributed by atoms with Crippen molar-refractivity contribution in [1.29, 1.82) is 0 Å². The molecule has 0 aliphatic carbocycles. The fourth-order valence-corrected chi connectivity index (χ4v) is 3.04. The van der Waals surface area contributed by atoms with E-state index in [1.807, 2.05) is 6.92 Å². The van der Waals surface area contributed by atoms with Crippen molar-refractivity contribution in [2.45, 2.75) is 44.2 Å². The fraction of sp³-hybridized carbons (Fsp3) is 0.556. The highest BCUT2D eigenvalue weighted by molar-refractivity contribution is 5.98. The Hall–Kier alpha value is -1.92. The minimum atomic E-state index is -0.386. The molecule has 2 amide bonds. The molecule has 2 heterocycles. The first-order valence-corrected chi connectivity index (χ1v) is 8.49. The van der Waals surface area contributed by atoms with Crippen molar-refractivity contribution in [3.8, 4) is 0 Å². The summed E-state index contributed by atoms with van der Waals surface area (Å²) in [5.41, 5.74) is 0.903. The summed E-state index contributed by atoms with van der Waals surface area (Å²) < 4.78 is 10.7. The number of anilines is 1. The third-order valence-corrected chi connectivity index (χ3v) is 4.63. The van der Waals surface area contributed by atoms with E-state index in [4.69, 9.17) is 9.47 Å². The van der Waals surface area contributed by atoms with Gasteiger partial charge in [0.2, 0.25) is 0 Å². The molecule has 1 aromatic rings. The molecule has 2 aliphatic heterocycles. The Kier molecular flexibility index (Phi) is 5.16. The number of carbonyl (C=O) groups excluding carboxylic acids is 2. The molecule has 2 N–H and O–H groups in total. The highest BCUT2D eigenvalue weighted by Gasteiger charge is 2.29. The largest absolute Gasteiger partial charge is 0.381 e. The normalized spacial score (nSPS) is 22.8. The number of rotatable bonds is 4. The van der Waals surface area contributed by atoms with Crippen LogP contribution in [-0.4, -0.2) is 43.3 Å². The summed E-state index contributed by atoms with van der Waals surface area (Å²) in [6.07, 6.45) is 2.86. The molecule has 2 fully saturated rings. The maximum atomic E-state index is 12.5. The monoisotopic (exact) mass is 332 g/mol. The van der Waals surface area contributed by atoms with E-state index >= 15 is 0 Å². The third kappa shape index (κ3) is 4.13. The van der Waals surface area contributed by atoms with Crippen molar-refractivity contribution in [3.05, 3.63) is 29.8 Å². The highest BCUT2D eigenvalue weighted by atomic mass is 16.5. The lowest BCUT2D eigenvalue weighted by atomic mass is 9.92. The SMILES string of the molecule is CC1(NC(=O)c2cccc(NC(=O)[C@H]3CCCO3)c2)CCOCC1. The second-order valence-corrected chi connectivity index (χ2v) is 6.70. The minimum Gasteiger partial charge on any atom is -0.381 e. The molecular weight excluding hydrogens is 308 g/mol. The van der Waals surface area contributed by atoms with Gasteiger partial charge in [0.15, 0.2) is 0 Å². The Morgan fingerprint density at radius 1 is 1.21 bits per heavy atom. The number of ether oxygens (including phenoxy) is 2. The molecule has 6 heteroatoms. The number of amides is 2. The van der Waals surface area contributed by atoms with Crippen LogP contribution >= 0.6 is 0 Å². The number of benzene rings is 1. The average Bonchev–Trinajstić information content (AvgIpc) is 3.10. The van der Waals surface area contributed by atoms with Crippen molar-refractivity contribution >= 4 is 17.5 Å². The van der Waals surface area contributed by atoms with Crippen molar-refractivity contribution < 1.29 is 19.1 Å². The molecule has 0 bridgehead atoms. The first-order chi connectivity index (χ1) is 11.6. The number of hydrogen-bond acceptors (Lipinski definition) is 4. The van der Waals surface area contributed by atoms with E-state index in [1.165, 1.54) is 0 Å². The zero-order chi connectivity index (χ0) is 17.0. The standard InChI is InChI=1S/C18H24N2O4/c1-18(7-10-23-11-8-18)20-16(21)13-4-2-5-14(12-13)19-17(22)15-6-3-9-24-15/h2,4-5,12,15H,3,6-11H2,1H3,(H,19,22)(H,20,21)/t15-/m1/s1. The second kappa shape index (κ2) is 7.32. The van der Waals surface area contributed by atoms with Gasteiger partial charge in [-0.15, -0.1) is 0 Å². The Morgan fingerprint density at radius 3 is 2.71 bits per heavy atom. The smallest absolute Gasteiger partial charge is 0.253 e. The molecule has 6 nitrogen and oxygen atoms in total. The predicted molar refractivity (Wildman–Crippen MR) is 90.0 cm³/mol. The van der Waals surface area contributed by atoms with Gasteiger partial charge in [-0.2, -0.15) is 0 Å². The van der Waals surface area contributed by atoms with Crippen LogP contribution in [0.1, 0.15) is 43.0 Å².